The first kappa shape index (κ1) is 19.4. The summed E-state index contributed by atoms with van der Waals surface area (Å²) in [7, 11) is 0. The van der Waals surface area contributed by atoms with Crippen molar-refractivity contribution in [2.45, 2.75) is 13.1 Å². The Morgan fingerprint density at radius 1 is 1.03 bits per heavy atom. The SMILES string of the molecule is Cc1ccc(C(=O)Nc2ccc(-c3c(C(F)(F)F)nc4ccccn34)c(N)n2)cc1. The van der Waals surface area contributed by atoms with Crippen molar-refractivity contribution in [2.75, 3.05) is 11.1 Å². The van der Waals surface area contributed by atoms with Gasteiger partial charge in [-0.05, 0) is 43.3 Å². The van der Waals surface area contributed by atoms with E-state index in [4.69, 9.17) is 5.73 Å². The van der Waals surface area contributed by atoms with Crippen molar-refractivity contribution in [1.29, 1.82) is 0 Å². The van der Waals surface area contributed by atoms with Crippen LogP contribution in [0.3, 0.4) is 0 Å². The number of nitrogens with two attached hydrogens (primary N) is 1. The summed E-state index contributed by atoms with van der Waals surface area (Å²) in [5.41, 5.74) is 6.34. The van der Waals surface area contributed by atoms with Gasteiger partial charge in [0.25, 0.3) is 5.91 Å². The van der Waals surface area contributed by atoms with Gasteiger partial charge in [0.2, 0.25) is 0 Å². The highest BCUT2D eigenvalue weighted by molar-refractivity contribution is 6.04. The number of hydrogen-bond donors (Lipinski definition) is 2. The second-order valence-corrected chi connectivity index (χ2v) is 6.69. The number of halogens is 3. The van der Waals surface area contributed by atoms with Gasteiger partial charge < -0.3 is 11.1 Å². The molecule has 0 bridgehead atoms. The van der Waals surface area contributed by atoms with Crippen LogP contribution in [0.1, 0.15) is 21.6 Å². The molecule has 0 aliphatic rings. The van der Waals surface area contributed by atoms with Gasteiger partial charge in [-0.3, -0.25) is 9.20 Å². The van der Waals surface area contributed by atoms with Gasteiger partial charge in [0.1, 0.15) is 17.3 Å². The zero-order valence-electron chi connectivity index (χ0n) is 15.7. The Morgan fingerprint density at radius 2 is 1.77 bits per heavy atom. The summed E-state index contributed by atoms with van der Waals surface area (Å²) in [6.45, 7) is 1.90. The summed E-state index contributed by atoms with van der Waals surface area (Å²) in [5, 5.41) is 2.60. The molecule has 0 aliphatic carbocycles. The van der Waals surface area contributed by atoms with E-state index in [2.05, 4.69) is 15.3 Å². The first-order chi connectivity index (χ1) is 14.2. The van der Waals surface area contributed by atoms with E-state index in [1.54, 1.807) is 36.4 Å². The summed E-state index contributed by atoms with van der Waals surface area (Å²) in [4.78, 5) is 20.1. The molecule has 6 nitrogen and oxygen atoms in total. The minimum Gasteiger partial charge on any atom is -0.383 e. The lowest BCUT2D eigenvalue weighted by Crippen LogP contribution is -2.14. The molecule has 0 fully saturated rings. The smallest absolute Gasteiger partial charge is 0.383 e. The Kier molecular flexibility index (Phi) is 4.65. The Morgan fingerprint density at radius 3 is 2.43 bits per heavy atom. The Balaban J connectivity index is 1.72. The van der Waals surface area contributed by atoms with Gasteiger partial charge in [-0.1, -0.05) is 23.8 Å². The molecular weight excluding hydrogens is 395 g/mol. The summed E-state index contributed by atoms with van der Waals surface area (Å²) in [6.07, 6.45) is -3.20. The summed E-state index contributed by atoms with van der Waals surface area (Å²) >= 11 is 0. The van der Waals surface area contributed by atoms with Crippen molar-refractivity contribution in [3.8, 4) is 11.3 Å². The second kappa shape index (κ2) is 7.18. The first-order valence-electron chi connectivity index (χ1n) is 8.93. The Bertz CT molecular complexity index is 1250. The predicted molar refractivity (Wildman–Crippen MR) is 107 cm³/mol. The molecule has 0 saturated carbocycles. The minimum atomic E-state index is -4.67. The molecule has 0 radical (unpaired) electrons. The third-order valence-corrected chi connectivity index (χ3v) is 4.53. The molecule has 4 rings (SSSR count). The van der Waals surface area contributed by atoms with Crippen LogP contribution in [-0.2, 0) is 6.18 Å². The molecular formula is C21H16F3N5O. The molecule has 1 aromatic carbocycles. The van der Waals surface area contributed by atoms with Crippen molar-refractivity contribution in [3.63, 3.8) is 0 Å². The van der Waals surface area contributed by atoms with Gasteiger partial charge >= 0.3 is 6.18 Å². The fourth-order valence-corrected chi connectivity index (χ4v) is 3.09. The topological polar surface area (TPSA) is 85.3 Å². The van der Waals surface area contributed by atoms with Crippen molar-refractivity contribution in [3.05, 3.63) is 77.6 Å². The number of anilines is 2. The predicted octanol–water partition coefficient (Wildman–Crippen LogP) is 4.56. The van der Waals surface area contributed by atoms with E-state index in [1.807, 2.05) is 6.92 Å². The van der Waals surface area contributed by atoms with E-state index in [-0.39, 0.29) is 28.5 Å². The monoisotopic (exact) mass is 411 g/mol. The molecule has 0 unspecified atom stereocenters. The maximum atomic E-state index is 13.6. The number of nitrogens with one attached hydrogen (secondary N) is 1. The van der Waals surface area contributed by atoms with E-state index >= 15 is 0 Å². The number of imidazole rings is 1. The van der Waals surface area contributed by atoms with Crippen molar-refractivity contribution >= 4 is 23.2 Å². The van der Waals surface area contributed by atoms with E-state index < -0.39 is 17.8 Å². The largest absolute Gasteiger partial charge is 0.435 e. The Labute approximate surface area is 169 Å². The number of benzene rings is 1. The van der Waals surface area contributed by atoms with E-state index in [0.29, 0.717) is 5.56 Å². The number of nitrogens with zero attached hydrogens (tertiary/aromatic N) is 3. The molecule has 3 aromatic heterocycles. The molecule has 0 atom stereocenters. The third kappa shape index (κ3) is 3.57. The lowest BCUT2D eigenvalue weighted by Gasteiger charge is -2.11. The number of pyridine rings is 2. The minimum absolute atomic E-state index is 0.0642. The summed E-state index contributed by atoms with van der Waals surface area (Å²) in [6, 6.07) is 14.4. The number of alkyl halides is 3. The molecule has 0 aliphatic heterocycles. The number of amides is 1. The number of carbonyl (C=O) groups is 1. The molecule has 30 heavy (non-hydrogen) atoms. The molecule has 3 N–H and O–H groups in total. The van der Waals surface area contributed by atoms with E-state index in [0.717, 1.165) is 5.56 Å². The number of nitrogen functional groups attached to an aromatic ring is 1. The van der Waals surface area contributed by atoms with E-state index in [9.17, 15) is 18.0 Å². The van der Waals surface area contributed by atoms with Gasteiger partial charge in [-0.2, -0.15) is 13.2 Å². The van der Waals surface area contributed by atoms with Crippen LogP contribution in [0.5, 0.6) is 0 Å². The van der Waals surface area contributed by atoms with Crippen LogP contribution in [0, 0.1) is 6.92 Å². The van der Waals surface area contributed by atoms with Crippen LogP contribution in [0.15, 0.2) is 60.8 Å². The standard InChI is InChI=1S/C21H16F3N5O/c1-12-5-7-13(8-6-12)20(30)27-15-10-9-14(19(25)26-15)17-18(21(22,23)24)28-16-4-2-3-11-29(16)17/h2-11H,1H3,(H3,25,26,27,30). The van der Waals surface area contributed by atoms with Gasteiger partial charge in [0.15, 0.2) is 5.69 Å². The van der Waals surface area contributed by atoms with Crippen LogP contribution < -0.4 is 11.1 Å². The van der Waals surface area contributed by atoms with Crippen molar-refractivity contribution < 1.29 is 18.0 Å². The number of carbonyl (C=O) groups excluding carboxylic acids is 1. The highest BCUT2D eigenvalue weighted by atomic mass is 19.4. The molecule has 3 heterocycles. The second-order valence-electron chi connectivity index (χ2n) is 6.69. The number of fused-ring (bicyclic) bond motifs is 1. The van der Waals surface area contributed by atoms with Crippen LogP contribution in [0.4, 0.5) is 24.8 Å². The molecule has 0 spiro atoms. The molecule has 0 saturated heterocycles. The number of aromatic nitrogens is 3. The van der Waals surface area contributed by atoms with Gasteiger partial charge in [0.05, 0.1) is 5.69 Å². The average Bonchev–Trinajstić information content (AvgIpc) is 3.08. The Hall–Kier alpha value is -3.88. The van der Waals surface area contributed by atoms with Crippen LogP contribution >= 0.6 is 0 Å². The zero-order valence-corrected chi connectivity index (χ0v) is 15.7. The number of aryl methyl sites for hydroxylation is 1. The van der Waals surface area contributed by atoms with Gasteiger partial charge in [-0.15, -0.1) is 0 Å². The van der Waals surface area contributed by atoms with Crippen molar-refractivity contribution in [1.82, 2.24) is 14.4 Å². The van der Waals surface area contributed by atoms with Crippen molar-refractivity contribution in [2.24, 2.45) is 0 Å². The van der Waals surface area contributed by atoms with Crippen LogP contribution in [0.25, 0.3) is 16.9 Å². The summed E-state index contributed by atoms with van der Waals surface area (Å²) in [5.74, 6) is -0.433. The fraction of sp³-hybridized carbons (Fsp3) is 0.0952. The van der Waals surface area contributed by atoms with Crippen LogP contribution in [0.2, 0.25) is 0 Å². The highest BCUT2D eigenvalue weighted by Crippen LogP contribution is 2.39. The first-order valence-corrected chi connectivity index (χ1v) is 8.93. The van der Waals surface area contributed by atoms with Gasteiger partial charge in [0, 0.05) is 17.3 Å². The highest BCUT2D eigenvalue weighted by Gasteiger charge is 2.38. The fourth-order valence-electron chi connectivity index (χ4n) is 3.09. The zero-order chi connectivity index (χ0) is 21.5. The molecule has 9 heteroatoms. The average molecular weight is 411 g/mol. The molecule has 1 amide bonds. The number of hydrogen-bond acceptors (Lipinski definition) is 4. The quantitative estimate of drug-likeness (QED) is 0.518. The lowest BCUT2D eigenvalue weighted by atomic mass is 10.1. The maximum absolute atomic E-state index is 13.6. The summed E-state index contributed by atoms with van der Waals surface area (Å²) < 4.78 is 42.0. The molecule has 4 aromatic rings. The molecule has 152 valence electrons. The third-order valence-electron chi connectivity index (χ3n) is 4.53. The lowest BCUT2D eigenvalue weighted by molar-refractivity contribution is -0.140. The number of rotatable bonds is 3. The van der Waals surface area contributed by atoms with Crippen LogP contribution in [-0.4, -0.2) is 20.3 Å². The maximum Gasteiger partial charge on any atom is 0.435 e. The van der Waals surface area contributed by atoms with E-state index in [1.165, 1.54) is 28.8 Å². The van der Waals surface area contributed by atoms with Gasteiger partial charge in [-0.25, -0.2) is 9.97 Å². The normalized spacial score (nSPS) is 11.6.